The number of halogens is 1. The molecule has 8 nitrogen and oxygen atoms in total. The van der Waals surface area contributed by atoms with Crippen LogP contribution in [0.1, 0.15) is 50.1 Å². The van der Waals surface area contributed by atoms with Gasteiger partial charge in [-0.2, -0.15) is 0 Å². The zero-order valence-electron chi connectivity index (χ0n) is 19.1. The minimum atomic E-state index is -0.607. The molecular weight excluding hydrogens is 437 g/mol. The van der Waals surface area contributed by atoms with Crippen LogP contribution in [0.5, 0.6) is 0 Å². The summed E-state index contributed by atoms with van der Waals surface area (Å²) in [5.74, 6) is -0.176. The number of amides is 4. The summed E-state index contributed by atoms with van der Waals surface area (Å²) in [6, 6.07) is 8.70. The summed E-state index contributed by atoms with van der Waals surface area (Å²) >= 11 is 0. The monoisotopic (exact) mass is 467 g/mol. The van der Waals surface area contributed by atoms with Crippen LogP contribution in [0.3, 0.4) is 0 Å². The van der Waals surface area contributed by atoms with Crippen molar-refractivity contribution in [2.45, 2.75) is 57.0 Å². The Morgan fingerprint density at radius 2 is 1.79 bits per heavy atom. The van der Waals surface area contributed by atoms with Gasteiger partial charge in [0.15, 0.2) is 0 Å². The van der Waals surface area contributed by atoms with Crippen LogP contribution in [0.15, 0.2) is 41.2 Å². The third-order valence-corrected chi connectivity index (χ3v) is 7.15. The van der Waals surface area contributed by atoms with Crippen molar-refractivity contribution in [3.8, 4) is 0 Å². The summed E-state index contributed by atoms with van der Waals surface area (Å²) in [4.78, 5) is 40.3. The number of nitrogens with zero attached hydrogens (tertiary/aromatic N) is 2. The molecule has 1 aromatic carbocycles. The van der Waals surface area contributed by atoms with Crippen LogP contribution in [0.2, 0.25) is 0 Å². The summed E-state index contributed by atoms with van der Waals surface area (Å²) in [5.41, 5.74) is 1.11. The van der Waals surface area contributed by atoms with E-state index in [-0.39, 0.29) is 35.2 Å². The molecular formula is C25H30FN5O3. The predicted molar refractivity (Wildman–Crippen MR) is 128 cm³/mol. The van der Waals surface area contributed by atoms with Crippen LogP contribution in [0.25, 0.3) is 0 Å². The van der Waals surface area contributed by atoms with Gasteiger partial charge < -0.3 is 25.4 Å². The van der Waals surface area contributed by atoms with E-state index >= 15 is 0 Å². The van der Waals surface area contributed by atoms with Gasteiger partial charge in [-0.05, 0) is 55.5 Å². The number of aromatic nitrogens is 1. The van der Waals surface area contributed by atoms with Crippen LogP contribution in [-0.2, 0) is 6.54 Å². The number of likely N-dealkylation sites (tertiary alicyclic amines) is 1. The van der Waals surface area contributed by atoms with Crippen LogP contribution < -0.4 is 21.5 Å². The molecule has 34 heavy (non-hydrogen) atoms. The van der Waals surface area contributed by atoms with E-state index in [1.165, 1.54) is 37.5 Å². The molecule has 4 amide bonds. The number of pyridine rings is 1. The smallest absolute Gasteiger partial charge is 0.323 e. The molecule has 2 bridgehead atoms. The third-order valence-electron chi connectivity index (χ3n) is 7.15. The maximum Gasteiger partial charge on any atom is 0.323 e. The first kappa shape index (κ1) is 22.4. The summed E-state index contributed by atoms with van der Waals surface area (Å²) in [5, 5.41) is 8.33. The van der Waals surface area contributed by atoms with Crippen molar-refractivity contribution in [1.82, 2.24) is 14.8 Å². The van der Waals surface area contributed by atoms with Crippen LogP contribution in [0.4, 0.5) is 25.4 Å². The van der Waals surface area contributed by atoms with Crippen molar-refractivity contribution in [2.24, 2.45) is 5.92 Å². The van der Waals surface area contributed by atoms with Gasteiger partial charge in [0.2, 0.25) is 0 Å². The van der Waals surface area contributed by atoms with E-state index < -0.39 is 11.8 Å². The Bertz CT molecular complexity index is 1140. The van der Waals surface area contributed by atoms with E-state index in [2.05, 4.69) is 16.0 Å². The highest BCUT2D eigenvalue weighted by Gasteiger charge is 2.37. The number of carbonyl (C=O) groups excluding carboxylic acids is 2. The van der Waals surface area contributed by atoms with Gasteiger partial charge in [-0.25, -0.2) is 14.0 Å². The molecule has 1 saturated carbocycles. The van der Waals surface area contributed by atoms with Crippen molar-refractivity contribution in [1.29, 1.82) is 0 Å². The molecule has 2 aliphatic heterocycles. The normalized spacial score (nSPS) is 22.0. The molecule has 9 heteroatoms. The molecule has 1 aromatic heterocycles. The van der Waals surface area contributed by atoms with E-state index in [0.29, 0.717) is 25.3 Å². The number of nitrogens with one attached hydrogen (secondary N) is 3. The number of fused-ring (bicyclic) bond motifs is 4. The molecule has 1 aliphatic carbocycles. The molecule has 1 saturated heterocycles. The maximum absolute atomic E-state index is 13.4. The van der Waals surface area contributed by atoms with Crippen LogP contribution in [0, 0.1) is 11.7 Å². The van der Waals surface area contributed by atoms with E-state index in [1.54, 1.807) is 16.7 Å². The number of hydrogen-bond acceptors (Lipinski definition) is 3. The van der Waals surface area contributed by atoms with Crippen molar-refractivity contribution in [3.05, 3.63) is 58.3 Å². The molecule has 5 rings (SSSR count). The first-order chi connectivity index (χ1) is 16.5. The van der Waals surface area contributed by atoms with Crippen LogP contribution in [-0.4, -0.2) is 40.7 Å². The van der Waals surface area contributed by atoms with Gasteiger partial charge in [-0.15, -0.1) is 0 Å². The van der Waals surface area contributed by atoms with Gasteiger partial charge in [0.1, 0.15) is 11.5 Å². The average Bonchev–Trinajstić information content (AvgIpc) is 2.82. The first-order valence-corrected chi connectivity index (χ1v) is 12.1. The quantitative estimate of drug-likeness (QED) is 0.634. The SMILES string of the molecule is O=C(Nc1cccc(F)c1)Nc1ccc2n(c1=O)C[C@@H]1C[C@@H]2CN(C(=O)NC2CCCCC2)C1. The predicted octanol–water partition coefficient (Wildman–Crippen LogP) is 4.09. The second-order valence-corrected chi connectivity index (χ2v) is 9.67. The number of benzene rings is 1. The minimum Gasteiger partial charge on any atom is -0.335 e. The third kappa shape index (κ3) is 4.78. The zero-order chi connectivity index (χ0) is 23.7. The lowest BCUT2D eigenvalue weighted by Crippen LogP contribution is -2.53. The summed E-state index contributed by atoms with van der Waals surface area (Å²) in [7, 11) is 0. The highest BCUT2D eigenvalue weighted by atomic mass is 19.1. The Morgan fingerprint density at radius 1 is 0.971 bits per heavy atom. The van der Waals surface area contributed by atoms with Gasteiger partial charge in [0.05, 0.1) is 0 Å². The number of urea groups is 2. The molecule has 0 radical (unpaired) electrons. The fraction of sp³-hybridized carbons (Fsp3) is 0.480. The minimum absolute atomic E-state index is 0.00436. The molecule has 180 valence electrons. The Kier molecular flexibility index (Phi) is 6.26. The number of rotatable bonds is 3. The lowest BCUT2D eigenvalue weighted by molar-refractivity contribution is 0.127. The van der Waals surface area contributed by atoms with Gasteiger partial charge in [-0.1, -0.05) is 25.3 Å². The molecule has 3 N–H and O–H groups in total. The van der Waals surface area contributed by atoms with Crippen molar-refractivity contribution < 1.29 is 14.0 Å². The lowest BCUT2D eigenvalue weighted by atomic mass is 9.83. The summed E-state index contributed by atoms with van der Waals surface area (Å²) < 4.78 is 15.1. The Labute approximate surface area is 197 Å². The fourth-order valence-corrected chi connectivity index (χ4v) is 5.57. The van der Waals surface area contributed by atoms with Crippen molar-refractivity contribution >= 4 is 23.4 Å². The van der Waals surface area contributed by atoms with E-state index in [9.17, 15) is 18.8 Å². The highest BCUT2D eigenvalue weighted by Crippen LogP contribution is 2.35. The van der Waals surface area contributed by atoms with Gasteiger partial charge in [-0.3, -0.25) is 4.79 Å². The van der Waals surface area contributed by atoms with Gasteiger partial charge in [0.25, 0.3) is 5.56 Å². The molecule has 0 spiro atoms. The first-order valence-electron chi connectivity index (χ1n) is 12.1. The summed E-state index contributed by atoms with van der Waals surface area (Å²) in [6.07, 6.45) is 6.63. The second kappa shape index (κ2) is 9.48. The highest BCUT2D eigenvalue weighted by molar-refractivity contribution is 5.99. The molecule has 2 atom stereocenters. The Hall–Kier alpha value is -3.36. The van der Waals surface area contributed by atoms with Crippen LogP contribution >= 0.6 is 0 Å². The average molecular weight is 468 g/mol. The lowest BCUT2D eigenvalue weighted by Gasteiger charge is -2.43. The molecule has 3 heterocycles. The van der Waals surface area contributed by atoms with E-state index in [0.717, 1.165) is 25.0 Å². The largest absolute Gasteiger partial charge is 0.335 e. The standard InChI is InChI=1S/C25H30FN5O3/c26-18-5-4-8-20(12-18)27-24(33)29-21-9-10-22-17-11-16(14-31(22)23(21)32)13-30(15-17)25(34)28-19-6-2-1-3-7-19/h4-5,8-10,12,16-17,19H,1-3,6-7,11,13-15H2,(H,28,34)(H2,27,29,33)/t16-,17-/m1/s1. The number of carbonyl (C=O) groups is 2. The molecule has 2 aromatic rings. The molecule has 2 fully saturated rings. The van der Waals surface area contributed by atoms with Gasteiger partial charge in [0, 0.05) is 43.0 Å². The number of hydrogen-bond donors (Lipinski definition) is 3. The second-order valence-electron chi connectivity index (χ2n) is 9.67. The maximum atomic E-state index is 13.4. The Morgan fingerprint density at radius 3 is 2.59 bits per heavy atom. The van der Waals surface area contributed by atoms with Crippen molar-refractivity contribution in [2.75, 3.05) is 23.7 Å². The zero-order valence-corrected chi connectivity index (χ0v) is 19.1. The fourth-order valence-electron chi connectivity index (χ4n) is 5.57. The molecule has 3 aliphatic rings. The number of piperidine rings is 1. The topological polar surface area (TPSA) is 95.5 Å². The number of anilines is 2. The Balaban J connectivity index is 1.26. The molecule has 0 unspecified atom stereocenters. The van der Waals surface area contributed by atoms with Crippen molar-refractivity contribution in [3.63, 3.8) is 0 Å². The van der Waals surface area contributed by atoms with Gasteiger partial charge >= 0.3 is 12.1 Å². The van der Waals surface area contributed by atoms with E-state index in [1.807, 2.05) is 11.0 Å². The summed E-state index contributed by atoms with van der Waals surface area (Å²) in [6.45, 7) is 1.72. The van der Waals surface area contributed by atoms with E-state index in [4.69, 9.17) is 0 Å².